The van der Waals surface area contributed by atoms with E-state index >= 15 is 0 Å². The summed E-state index contributed by atoms with van der Waals surface area (Å²) in [6.45, 7) is 24.9. The second kappa shape index (κ2) is 10.5. The van der Waals surface area contributed by atoms with E-state index in [1.807, 2.05) is 0 Å². The van der Waals surface area contributed by atoms with E-state index in [2.05, 4.69) is 69.2 Å². The van der Waals surface area contributed by atoms with Crippen LogP contribution in [0.15, 0.2) is 44.6 Å². The van der Waals surface area contributed by atoms with Gasteiger partial charge in [-0.15, -0.1) is 0 Å². The molecule has 2 aliphatic carbocycles. The molecule has 180 valence electrons. The molecule has 1 nitrogen and oxygen atoms in total. The molecule has 0 saturated carbocycles. The molecule has 0 radical (unpaired) electrons. The first kappa shape index (κ1) is 28.5. The van der Waals surface area contributed by atoms with Crippen molar-refractivity contribution in [2.75, 3.05) is 6.61 Å². The fourth-order valence-electron chi connectivity index (χ4n) is 6.88. The molecule has 1 fully saturated rings. The van der Waals surface area contributed by atoms with Crippen molar-refractivity contribution in [3.8, 4) is 0 Å². The van der Waals surface area contributed by atoms with Crippen molar-refractivity contribution in [1.29, 1.82) is 0 Å². The van der Waals surface area contributed by atoms with Crippen molar-refractivity contribution >= 4 is 0 Å². The summed E-state index contributed by atoms with van der Waals surface area (Å²) in [6, 6.07) is 0. The van der Waals surface area contributed by atoms with Crippen LogP contribution in [0.4, 0.5) is 0 Å². The van der Waals surface area contributed by atoms with Crippen LogP contribution in [0.3, 0.4) is 0 Å². The molecule has 0 aromatic carbocycles. The summed E-state index contributed by atoms with van der Waals surface area (Å²) < 4.78 is 7.02. The SMILES string of the molecule is CCCCC1=C(C2(C3=C(CCCC)C(C)=C(C)C3(C)C)CCCO2)C(C)(C)C(C)=C1C.[Sm]. The number of allylic oxidation sites excluding steroid dienone is 6. The molecular weight excluding hydrogens is 527 g/mol. The molecule has 2 heteroatoms. The summed E-state index contributed by atoms with van der Waals surface area (Å²) in [4.78, 5) is 0. The Morgan fingerprint density at radius 1 is 0.719 bits per heavy atom. The van der Waals surface area contributed by atoms with Gasteiger partial charge in [0.2, 0.25) is 0 Å². The molecule has 0 aromatic rings. The van der Waals surface area contributed by atoms with Crippen molar-refractivity contribution < 1.29 is 45.1 Å². The van der Waals surface area contributed by atoms with Gasteiger partial charge in [-0.3, -0.25) is 0 Å². The Kier molecular flexibility index (Phi) is 9.33. The van der Waals surface area contributed by atoms with Crippen LogP contribution in [0.5, 0.6) is 0 Å². The second-order valence-electron chi connectivity index (χ2n) is 11.4. The first-order valence-electron chi connectivity index (χ1n) is 13.0. The van der Waals surface area contributed by atoms with Crippen LogP contribution in [-0.4, -0.2) is 12.2 Å². The van der Waals surface area contributed by atoms with Gasteiger partial charge in [0.25, 0.3) is 0 Å². The van der Waals surface area contributed by atoms with Crippen molar-refractivity contribution in [3.05, 3.63) is 44.6 Å². The minimum Gasteiger partial charge on any atom is -0.366 e. The van der Waals surface area contributed by atoms with Gasteiger partial charge in [-0.25, -0.2) is 0 Å². The van der Waals surface area contributed by atoms with E-state index in [9.17, 15) is 0 Å². The molecule has 0 unspecified atom stereocenters. The minimum absolute atomic E-state index is 0. The molecule has 1 saturated heterocycles. The number of rotatable bonds is 8. The fraction of sp³-hybridized carbons (Fsp3) is 0.733. The van der Waals surface area contributed by atoms with Gasteiger partial charge in [0.05, 0.1) is 0 Å². The van der Waals surface area contributed by atoms with Crippen LogP contribution < -0.4 is 0 Å². The van der Waals surface area contributed by atoms with Crippen LogP contribution in [0.2, 0.25) is 0 Å². The van der Waals surface area contributed by atoms with E-state index < -0.39 is 0 Å². The maximum Gasteiger partial charge on any atom is 0.113 e. The molecule has 1 heterocycles. The maximum atomic E-state index is 7.02. The second-order valence-corrected chi connectivity index (χ2v) is 11.4. The van der Waals surface area contributed by atoms with Crippen LogP contribution in [0.1, 0.15) is 121 Å². The number of ether oxygens (including phenoxy) is 1. The Labute approximate surface area is 231 Å². The van der Waals surface area contributed by atoms with E-state index in [0.717, 1.165) is 19.4 Å². The van der Waals surface area contributed by atoms with Gasteiger partial charge in [-0.2, -0.15) is 0 Å². The van der Waals surface area contributed by atoms with Crippen molar-refractivity contribution in [1.82, 2.24) is 0 Å². The Morgan fingerprint density at radius 3 is 1.44 bits per heavy atom. The number of unbranched alkanes of at least 4 members (excludes halogenated alkanes) is 2. The van der Waals surface area contributed by atoms with Gasteiger partial charge in [0, 0.05) is 57.8 Å². The zero-order chi connectivity index (χ0) is 23.2. The van der Waals surface area contributed by atoms with Gasteiger partial charge in [-0.05, 0) is 99.7 Å². The summed E-state index contributed by atoms with van der Waals surface area (Å²) in [5.41, 5.74) is 12.5. The number of hydrogen-bond acceptors (Lipinski definition) is 1. The molecule has 0 spiro atoms. The smallest absolute Gasteiger partial charge is 0.113 e. The molecule has 0 N–H and O–H groups in total. The largest absolute Gasteiger partial charge is 0.366 e. The van der Waals surface area contributed by atoms with Crippen LogP contribution in [0, 0.1) is 51.2 Å². The predicted molar refractivity (Wildman–Crippen MR) is 135 cm³/mol. The van der Waals surface area contributed by atoms with Crippen LogP contribution >= 0.6 is 0 Å². The Bertz CT molecular complexity index is 787. The summed E-state index contributed by atoms with van der Waals surface area (Å²) in [7, 11) is 0. The average Bonchev–Trinajstić information content (AvgIpc) is 3.30. The normalized spacial score (nSPS) is 24.2. The fourth-order valence-corrected chi connectivity index (χ4v) is 6.88. The van der Waals surface area contributed by atoms with Crippen molar-refractivity contribution in [2.24, 2.45) is 10.8 Å². The third kappa shape index (κ3) is 4.34. The molecule has 3 rings (SSSR count). The Morgan fingerprint density at radius 2 is 1.12 bits per heavy atom. The predicted octanol–water partition coefficient (Wildman–Crippen LogP) is 9.26. The number of hydrogen-bond donors (Lipinski definition) is 0. The first-order valence-corrected chi connectivity index (χ1v) is 13.0. The molecule has 0 bridgehead atoms. The van der Waals surface area contributed by atoms with Gasteiger partial charge < -0.3 is 4.74 Å². The van der Waals surface area contributed by atoms with Gasteiger partial charge in [0.1, 0.15) is 5.60 Å². The average molecular weight is 575 g/mol. The molecule has 32 heavy (non-hydrogen) atoms. The molecule has 0 aromatic heterocycles. The third-order valence-corrected chi connectivity index (χ3v) is 9.15. The van der Waals surface area contributed by atoms with Crippen molar-refractivity contribution in [3.63, 3.8) is 0 Å². The van der Waals surface area contributed by atoms with Gasteiger partial charge in [0.15, 0.2) is 0 Å². The molecule has 3 aliphatic rings. The van der Waals surface area contributed by atoms with E-state index in [1.165, 1.54) is 49.7 Å². The molecule has 1 aliphatic heterocycles. The summed E-state index contributed by atoms with van der Waals surface area (Å²) in [5.74, 6) is 0. The monoisotopic (exact) mass is 576 g/mol. The maximum absolute atomic E-state index is 7.02. The van der Waals surface area contributed by atoms with E-state index in [0.29, 0.717) is 0 Å². The molecular formula is C30H48OSm. The molecule has 0 atom stereocenters. The van der Waals surface area contributed by atoms with Crippen LogP contribution in [0.25, 0.3) is 0 Å². The van der Waals surface area contributed by atoms with Gasteiger partial charge >= 0.3 is 0 Å². The van der Waals surface area contributed by atoms with Crippen LogP contribution in [-0.2, 0) is 4.74 Å². The standard InChI is InChI=1S/C30H48O.Sm/c1-11-13-16-24-20(3)22(5)28(7,8)26(24)30(18-15-19-31-30)27-25(17-14-12-2)21(4)23(6)29(27,9)10;/h11-19H2,1-10H3;. The molecule has 0 amide bonds. The first-order chi connectivity index (χ1) is 14.5. The van der Waals surface area contributed by atoms with Gasteiger partial charge in [-0.1, -0.05) is 65.5 Å². The third-order valence-electron chi connectivity index (χ3n) is 9.15. The summed E-state index contributed by atoms with van der Waals surface area (Å²) in [6.07, 6.45) is 9.68. The Hall–Kier alpha value is 0.258. The van der Waals surface area contributed by atoms with Crippen molar-refractivity contribution in [2.45, 2.75) is 126 Å². The minimum atomic E-state index is -0.239. The topological polar surface area (TPSA) is 9.23 Å². The quantitative estimate of drug-likeness (QED) is 0.281. The van der Waals surface area contributed by atoms with E-state index in [-0.39, 0.29) is 56.8 Å². The van der Waals surface area contributed by atoms with E-state index in [1.54, 1.807) is 33.4 Å². The summed E-state index contributed by atoms with van der Waals surface area (Å²) >= 11 is 0. The Balaban J connectivity index is 0.00000363. The van der Waals surface area contributed by atoms with E-state index in [4.69, 9.17) is 4.74 Å². The zero-order valence-corrected chi connectivity index (χ0v) is 25.3. The summed E-state index contributed by atoms with van der Waals surface area (Å²) in [5, 5.41) is 0. The zero-order valence-electron chi connectivity index (χ0n) is 22.7.